The van der Waals surface area contributed by atoms with E-state index < -0.39 is 18.4 Å². The Morgan fingerprint density at radius 3 is 2.28 bits per heavy atom. The van der Waals surface area contributed by atoms with Crippen molar-refractivity contribution in [1.29, 1.82) is 0 Å². The van der Waals surface area contributed by atoms with Gasteiger partial charge in [-0.15, -0.1) is 13.2 Å². The number of benzene rings is 2. The molecule has 0 radical (unpaired) electrons. The van der Waals surface area contributed by atoms with E-state index >= 15 is 0 Å². The summed E-state index contributed by atoms with van der Waals surface area (Å²) < 4.78 is 45.1. The third kappa shape index (κ3) is 7.24. The molecule has 29 heavy (non-hydrogen) atoms. The van der Waals surface area contributed by atoms with Gasteiger partial charge in [-0.25, -0.2) is 4.79 Å². The number of carbonyl (C=O) groups is 2. The topological polar surface area (TPSA) is 88.7 Å². The maximum absolute atomic E-state index is 12.2. The Labute approximate surface area is 165 Å². The first-order valence-electron chi connectivity index (χ1n) is 8.61. The number of nitrogens with one attached hydrogen (secondary N) is 3. The smallest absolute Gasteiger partial charge is 0.450 e. The zero-order valence-electron chi connectivity index (χ0n) is 15.7. The molecular weight excluding hydrogens is 391 g/mol. The van der Waals surface area contributed by atoms with Crippen molar-refractivity contribution < 1.29 is 32.2 Å². The van der Waals surface area contributed by atoms with Crippen LogP contribution in [-0.4, -0.2) is 31.5 Å². The van der Waals surface area contributed by atoms with Gasteiger partial charge in [-0.1, -0.05) is 6.07 Å². The highest BCUT2D eigenvalue weighted by molar-refractivity contribution is 5.94. The molecule has 0 saturated carbocycles. The molecule has 0 atom stereocenters. The molecule has 0 fully saturated rings. The van der Waals surface area contributed by atoms with Crippen LogP contribution in [-0.2, 0) is 9.53 Å². The third-order valence-corrected chi connectivity index (χ3v) is 3.66. The van der Waals surface area contributed by atoms with E-state index in [2.05, 4.69) is 20.7 Å². The van der Waals surface area contributed by atoms with Crippen LogP contribution in [0.25, 0.3) is 0 Å². The quantitative estimate of drug-likeness (QED) is 0.624. The number of halogens is 3. The van der Waals surface area contributed by atoms with Crippen LogP contribution in [0.5, 0.6) is 5.75 Å². The SMILES string of the molecule is CCOC(=O)Nc1cccc(NCC(=O)Nc2ccc(OC(F)(F)F)cc2)c1C. The lowest BCUT2D eigenvalue weighted by Crippen LogP contribution is -2.22. The van der Waals surface area contributed by atoms with Gasteiger partial charge in [0.2, 0.25) is 5.91 Å². The second kappa shape index (κ2) is 9.67. The minimum atomic E-state index is -4.77. The van der Waals surface area contributed by atoms with E-state index in [0.717, 1.165) is 12.1 Å². The summed E-state index contributed by atoms with van der Waals surface area (Å²) in [5, 5.41) is 8.11. The third-order valence-electron chi connectivity index (χ3n) is 3.66. The summed E-state index contributed by atoms with van der Waals surface area (Å²) in [7, 11) is 0. The van der Waals surface area contributed by atoms with Gasteiger partial charge in [0.25, 0.3) is 0 Å². The molecule has 0 aliphatic carbocycles. The molecule has 0 spiro atoms. The summed E-state index contributed by atoms with van der Waals surface area (Å²) in [4.78, 5) is 23.6. The first-order valence-corrected chi connectivity index (χ1v) is 8.61. The molecule has 156 valence electrons. The number of hydrogen-bond donors (Lipinski definition) is 3. The molecule has 2 rings (SSSR count). The van der Waals surface area contributed by atoms with Crippen molar-refractivity contribution in [2.45, 2.75) is 20.2 Å². The van der Waals surface area contributed by atoms with Crippen LogP contribution in [0.1, 0.15) is 12.5 Å². The number of alkyl halides is 3. The minimum absolute atomic E-state index is 0.0928. The highest BCUT2D eigenvalue weighted by Crippen LogP contribution is 2.25. The Morgan fingerprint density at radius 1 is 1.00 bits per heavy atom. The summed E-state index contributed by atoms with van der Waals surface area (Å²) in [6.07, 6.45) is -5.35. The molecule has 0 aliphatic rings. The number of carbonyl (C=O) groups excluding carboxylic acids is 2. The van der Waals surface area contributed by atoms with Gasteiger partial charge in [0.05, 0.1) is 13.2 Å². The fourth-order valence-electron chi connectivity index (χ4n) is 2.36. The van der Waals surface area contributed by atoms with Crippen molar-refractivity contribution >= 4 is 29.1 Å². The highest BCUT2D eigenvalue weighted by atomic mass is 19.4. The summed E-state index contributed by atoms with van der Waals surface area (Å²) in [6.45, 7) is 3.61. The maximum atomic E-state index is 12.2. The van der Waals surface area contributed by atoms with Crippen LogP contribution < -0.4 is 20.7 Å². The van der Waals surface area contributed by atoms with Crippen LogP contribution in [0.3, 0.4) is 0 Å². The van der Waals surface area contributed by atoms with Crippen molar-refractivity contribution in [3.63, 3.8) is 0 Å². The predicted molar refractivity (Wildman–Crippen MR) is 102 cm³/mol. The fourth-order valence-corrected chi connectivity index (χ4v) is 2.36. The van der Waals surface area contributed by atoms with Gasteiger partial charge in [0.15, 0.2) is 0 Å². The zero-order chi connectivity index (χ0) is 21.4. The van der Waals surface area contributed by atoms with Crippen molar-refractivity contribution in [2.75, 3.05) is 29.1 Å². The van der Waals surface area contributed by atoms with Crippen molar-refractivity contribution in [3.05, 3.63) is 48.0 Å². The number of anilines is 3. The molecule has 10 heteroatoms. The Hall–Kier alpha value is -3.43. The average Bonchev–Trinajstić information content (AvgIpc) is 2.63. The summed E-state index contributed by atoms with van der Waals surface area (Å²) in [6, 6.07) is 9.94. The normalized spacial score (nSPS) is 10.8. The Bertz CT molecular complexity index is 855. The first-order chi connectivity index (χ1) is 13.7. The van der Waals surface area contributed by atoms with Gasteiger partial charge in [-0.2, -0.15) is 0 Å². The Kier molecular flexibility index (Phi) is 7.29. The zero-order valence-corrected chi connectivity index (χ0v) is 15.7. The van der Waals surface area contributed by atoms with Crippen molar-refractivity contribution in [2.24, 2.45) is 0 Å². The van der Waals surface area contributed by atoms with Gasteiger partial charge < -0.3 is 20.1 Å². The van der Waals surface area contributed by atoms with Gasteiger partial charge >= 0.3 is 12.5 Å². The van der Waals surface area contributed by atoms with E-state index in [-0.39, 0.29) is 18.9 Å². The number of amides is 2. The Balaban J connectivity index is 1.91. The molecule has 2 amide bonds. The Morgan fingerprint density at radius 2 is 1.66 bits per heavy atom. The highest BCUT2D eigenvalue weighted by Gasteiger charge is 2.30. The molecule has 0 bridgehead atoms. The molecule has 2 aromatic carbocycles. The van der Waals surface area contributed by atoms with Crippen LogP contribution in [0, 0.1) is 6.92 Å². The van der Waals surface area contributed by atoms with E-state index in [1.807, 2.05) is 0 Å². The molecule has 0 heterocycles. The molecule has 0 saturated heterocycles. The maximum Gasteiger partial charge on any atom is 0.573 e. The number of hydrogen-bond acceptors (Lipinski definition) is 5. The fraction of sp³-hybridized carbons (Fsp3) is 0.263. The standard InChI is InChI=1S/C19H20F3N3O4/c1-3-28-18(27)25-16-6-4-5-15(12(16)2)23-11-17(26)24-13-7-9-14(10-8-13)29-19(20,21)22/h4-10,23H,3,11H2,1-2H3,(H,24,26)(H,25,27). The summed E-state index contributed by atoms with van der Waals surface area (Å²) >= 11 is 0. The van der Waals surface area contributed by atoms with Gasteiger partial charge in [0.1, 0.15) is 5.75 Å². The van der Waals surface area contributed by atoms with Crippen molar-refractivity contribution in [1.82, 2.24) is 0 Å². The van der Waals surface area contributed by atoms with Gasteiger partial charge in [-0.05, 0) is 55.8 Å². The molecular formula is C19H20F3N3O4. The molecule has 0 aromatic heterocycles. The molecule has 0 unspecified atom stereocenters. The van der Waals surface area contributed by atoms with Crippen LogP contribution in [0.4, 0.5) is 35.0 Å². The molecule has 3 N–H and O–H groups in total. The lowest BCUT2D eigenvalue weighted by Gasteiger charge is -2.14. The average molecular weight is 411 g/mol. The lowest BCUT2D eigenvalue weighted by molar-refractivity contribution is -0.274. The lowest BCUT2D eigenvalue weighted by atomic mass is 10.1. The first kappa shape index (κ1) is 21.9. The summed E-state index contributed by atoms with van der Waals surface area (Å²) in [5.74, 6) is -0.784. The molecule has 0 aliphatic heterocycles. The van der Waals surface area contributed by atoms with Crippen molar-refractivity contribution in [3.8, 4) is 5.75 Å². The van der Waals surface area contributed by atoms with E-state index in [0.29, 0.717) is 22.6 Å². The number of ether oxygens (including phenoxy) is 2. The largest absolute Gasteiger partial charge is 0.573 e. The van der Waals surface area contributed by atoms with E-state index in [1.165, 1.54) is 12.1 Å². The molecule has 7 nitrogen and oxygen atoms in total. The second-order valence-electron chi connectivity index (χ2n) is 5.80. The monoisotopic (exact) mass is 411 g/mol. The predicted octanol–water partition coefficient (Wildman–Crippen LogP) is 4.51. The number of rotatable bonds is 7. The van der Waals surface area contributed by atoms with Gasteiger partial charge in [-0.3, -0.25) is 10.1 Å². The minimum Gasteiger partial charge on any atom is -0.450 e. The second-order valence-corrected chi connectivity index (χ2v) is 5.80. The van der Waals surface area contributed by atoms with Crippen LogP contribution >= 0.6 is 0 Å². The summed E-state index contributed by atoms with van der Waals surface area (Å²) in [5.41, 5.74) is 2.19. The van der Waals surface area contributed by atoms with Gasteiger partial charge in [0, 0.05) is 17.1 Å². The van der Waals surface area contributed by atoms with E-state index in [4.69, 9.17) is 4.74 Å². The van der Waals surface area contributed by atoms with Crippen LogP contribution in [0.2, 0.25) is 0 Å². The van der Waals surface area contributed by atoms with E-state index in [9.17, 15) is 22.8 Å². The molecule has 2 aromatic rings. The van der Waals surface area contributed by atoms with E-state index in [1.54, 1.807) is 32.0 Å². The van der Waals surface area contributed by atoms with Crippen LogP contribution in [0.15, 0.2) is 42.5 Å².